The fourth-order valence-electron chi connectivity index (χ4n) is 2.26. The first-order chi connectivity index (χ1) is 8.59. The first-order valence-electron chi connectivity index (χ1n) is 6.38. The van der Waals surface area contributed by atoms with Crippen molar-refractivity contribution in [2.24, 2.45) is 5.92 Å². The van der Waals surface area contributed by atoms with Crippen LogP contribution in [-0.4, -0.2) is 19.7 Å². The number of ether oxygens (including phenoxy) is 1. The molecule has 0 saturated carbocycles. The largest absolute Gasteiger partial charge is 0.492 e. The van der Waals surface area contributed by atoms with Crippen LogP contribution in [0.15, 0.2) is 6.07 Å². The Bertz CT molecular complexity index is 428. The molecule has 4 heteroatoms. The van der Waals surface area contributed by atoms with E-state index in [0.717, 1.165) is 41.6 Å². The minimum absolute atomic E-state index is 0.624. The molecule has 2 nitrogen and oxygen atoms in total. The lowest BCUT2D eigenvalue weighted by Gasteiger charge is -2.23. The number of aryl methyl sites for hydroxylation is 1. The van der Waals surface area contributed by atoms with Gasteiger partial charge in [-0.05, 0) is 62.9 Å². The van der Waals surface area contributed by atoms with Crippen LogP contribution in [0, 0.1) is 19.8 Å². The molecule has 0 aliphatic carbocycles. The van der Waals surface area contributed by atoms with Crippen LogP contribution in [0.4, 0.5) is 0 Å². The van der Waals surface area contributed by atoms with Crippen LogP contribution in [0.25, 0.3) is 0 Å². The van der Waals surface area contributed by atoms with E-state index in [2.05, 4.69) is 5.32 Å². The molecule has 0 radical (unpaired) electrons. The Morgan fingerprint density at radius 3 is 2.56 bits per heavy atom. The smallest absolute Gasteiger partial charge is 0.138 e. The van der Waals surface area contributed by atoms with E-state index >= 15 is 0 Å². The van der Waals surface area contributed by atoms with Crippen molar-refractivity contribution in [2.75, 3.05) is 19.7 Å². The first-order valence-corrected chi connectivity index (χ1v) is 7.14. The van der Waals surface area contributed by atoms with Crippen LogP contribution in [-0.2, 0) is 0 Å². The van der Waals surface area contributed by atoms with E-state index < -0.39 is 0 Å². The molecule has 2 rings (SSSR count). The number of hydrogen-bond acceptors (Lipinski definition) is 2. The van der Waals surface area contributed by atoms with Crippen molar-refractivity contribution >= 4 is 23.2 Å². The van der Waals surface area contributed by atoms with Crippen molar-refractivity contribution in [3.05, 3.63) is 27.2 Å². The van der Waals surface area contributed by atoms with Crippen molar-refractivity contribution in [1.82, 2.24) is 5.32 Å². The SMILES string of the molecule is Cc1cc(OCC2CCNCC2)c(Cl)c(C)c1Cl. The minimum atomic E-state index is 0.624. The second-order valence-corrected chi connectivity index (χ2v) is 5.70. The lowest BCUT2D eigenvalue weighted by Crippen LogP contribution is -2.30. The molecule has 1 aromatic carbocycles. The normalized spacial score (nSPS) is 16.9. The van der Waals surface area contributed by atoms with Gasteiger partial charge in [0.2, 0.25) is 0 Å². The quantitative estimate of drug-likeness (QED) is 0.908. The van der Waals surface area contributed by atoms with E-state index in [1.54, 1.807) is 0 Å². The fourth-order valence-corrected chi connectivity index (χ4v) is 2.66. The van der Waals surface area contributed by atoms with E-state index in [0.29, 0.717) is 10.9 Å². The first kappa shape index (κ1) is 14.0. The molecule has 1 heterocycles. The van der Waals surface area contributed by atoms with Crippen LogP contribution >= 0.6 is 23.2 Å². The molecule has 0 amide bonds. The number of benzene rings is 1. The Morgan fingerprint density at radius 2 is 1.89 bits per heavy atom. The highest BCUT2D eigenvalue weighted by Gasteiger charge is 2.16. The van der Waals surface area contributed by atoms with Crippen LogP contribution in [0.3, 0.4) is 0 Å². The highest BCUT2D eigenvalue weighted by molar-refractivity contribution is 6.37. The Morgan fingerprint density at radius 1 is 1.22 bits per heavy atom. The van der Waals surface area contributed by atoms with Gasteiger partial charge >= 0.3 is 0 Å². The molecule has 1 aromatic rings. The summed E-state index contributed by atoms with van der Waals surface area (Å²) in [5, 5.41) is 4.72. The molecule has 18 heavy (non-hydrogen) atoms. The molecule has 1 aliphatic heterocycles. The van der Waals surface area contributed by atoms with Gasteiger partial charge in [-0.25, -0.2) is 0 Å². The van der Waals surface area contributed by atoms with Gasteiger partial charge < -0.3 is 10.1 Å². The predicted octanol–water partition coefficient (Wildman–Crippen LogP) is 3.99. The van der Waals surface area contributed by atoms with Crippen LogP contribution in [0.1, 0.15) is 24.0 Å². The highest BCUT2D eigenvalue weighted by atomic mass is 35.5. The Kier molecular flexibility index (Phi) is 4.77. The monoisotopic (exact) mass is 287 g/mol. The number of piperidine rings is 1. The van der Waals surface area contributed by atoms with Gasteiger partial charge in [0.05, 0.1) is 11.6 Å². The second-order valence-electron chi connectivity index (χ2n) is 4.95. The summed E-state index contributed by atoms with van der Waals surface area (Å²) in [5.41, 5.74) is 1.91. The second kappa shape index (κ2) is 6.14. The van der Waals surface area contributed by atoms with Gasteiger partial charge in [0, 0.05) is 5.02 Å². The lowest BCUT2D eigenvalue weighted by atomic mass is 9.99. The van der Waals surface area contributed by atoms with Crippen molar-refractivity contribution in [2.45, 2.75) is 26.7 Å². The van der Waals surface area contributed by atoms with Crippen molar-refractivity contribution < 1.29 is 4.74 Å². The summed E-state index contributed by atoms with van der Waals surface area (Å²) in [6.07, 6.45) is 2.34. The Labute approximate surface area is 119 Å². The van der Waals surface area contributed by atoms with E-state index in [9.17, 15) is 0 Å². The maximum Gasteiger partial charge on any atom is 0.138 e. The number of nitrogens with one attached hydrogen (secondary N) is 1. The van der Waals surface area contributed by atoms with E-state index in [1.807, 2.05) is 19.9 Å². The molecule has 1 aliphatic rings. The van der Waals surface area contributed by atoms with E-state index in [1.165, 1.54) is 12.8 Å². The zero-order valence-corrected chi connectivity index (χ0v) is 12.4. The number of hydrogen-bond donors (Lipinski definition) is 1. The van der Waals surface area contributed by atoms with Crippen molar-refractivity contribution in [3.63, 3.8) is 0 Å². The average Bonchev–Trinajstić information content (AvgIpc) is 2.40. The van der Waals surface area contributed by atoms with Gasteiger partial charge in [-0.3, -0.25) is 0 Å². The zero-order valence-electron chi connectivity index (χ0n) is 10.9. The van der Waals surface area contributed by atoms with Crippen LogP contribution in [0.2, 0.25) is 10.0 Å². The van der Waals surface area contributed by atoms with E-state index in [4.69, 9.17) is 27.9 Å². The summed E-state index contributed by atoms with van der Waals surface area (Å²) < 4.78 is 5.87. The van der Waals surface area contributed by atoms with E-state index in [-0.39, 0.29) is 0 Å². The topological polar surface area (TPSA) is 21.3 Å². The third-order valence-corrected chi connectivity index (χ3v) is 4.55. The molecular weight excluding hydrogens is 269 g/mol. The molecule has 0 aromatic heterocycles. The summed E-state index contributed by atoms with van der Waals surface area (Å²) in [4.78, 5) is 0. The molecule has 1 saturated heterocycles. The summed E-state index contributed by atoms with van der Waals surface area (Å²) in [5.74, 6) is 1.38. The average molecular weight is 288 g/mol. The molecule has 0 unspecified atom stereocenters. The maximum absolute atomic E-state index is 6.27. The maximum atomic E-state index is 6.27. The third-order valence-electron chi connectivity index (χ3n) is 3.50. The summed E-state index contributed by atoms with van der Waals surface area (Å²) in [6, 6.07) is 1.93. The highest BCUT2D eigenvalue weighted by Crippen LogP contribution is 2.35. The van der Waals surface area contributed by atoms with Crippen LogP contribution < -0.4 is 10.1 Å². The molecule has 1 N–H and O–H groups in total. The van der Waals surface area contributed by atoms with Gasteiger partial charge in [-0.2, -0.15) is 0 Å². The van der Waals surface area contributed by atoms with Gasteiger partial charge in [0.1, 0.15) is 5.75 Å². The molecule has 1 fully saturated rings. The Hall–Kier alpha value is -0.440. The van der Waals surface area contributed by atoms with Gasteiger partial charge in [-0.15, -0.1) is 0 Å². The standard InChI is InChI=1S/C14H19Cl2NO/c1-9-7-12(14(16)10(2)13(9)15)18-8-11-3-5-17-6-4-11/h7,11,17H,3-6,8H2,1-2H3. The van der Waals surface area contributed by atoms with Crippen LogP contribution in [0.5, 0.6) is 5.75 Å². The molecule has 100 valence electrons. The fraction of sp³-hybridized carbons (Fsp3) is 0.571. The Balaban J connectivity index is 2.05. The summed E-state index contributed by atoms with van der Waals surface area (Å²) >= 11 is 12.4. The summed E-state index contributed by atoms with van der Waals surface area (Å²) in [7, 11) is 0. The van der Waals surface area contributed by atoms with Crippen molar-refractivity contribution in [3.8, 4) is 5.75 Å². The number of halogens is 2. The third kappa shape index (κ3) is 3.11. The molecule has 0 spiro atoms. The predicted molar refractivity (Wildman–Crippen MR) is 77.0 cm³/mol. The minimum Gasteiger partial charge on any atom is -0.492 e. The summed E-state index contributed by atoms with van der Waals surface area (Å²) in [6.45, 7) is 6.81. The number of rotatable bonds is 3. The zero-order chi connectivity index (χ0) is 13.1. The molecule has 0 atom stereocenters. The van der Waals surface area contributed by atoms with Gasteiger partial charge in [0.25, 0.3) is 0 Å². The van der Waals surface area contributed by atoms with Crippen molar-refractivity contribution in [1.29, 1.82) is 0 Å². The molecule has 0 bridgehead atoms. The molecular formula is C14H19Cl2NO. The van der Waals surface area contributed by atoms with Gasteiger partial charge in [0.15, 0.2) is 0 Å². The lowest BCUT2D eigenvalue weighted by molar-refractivity contribution is 0.215. The van der Waals surface area contributed by atoms with Gasteiger partial charge in [-0.1, -0.05) is 23.2 Å².